The largest absolute Gasteiger partial charge is 0.300 e. The quantitative estimate of drug-likeness (QED) is 0.515. The fraction of sp³-hybridized carbons (Fsp3) is 0.333. The molecule has 6 heteroatoms. The standard InChI is InChI=1S/C21H25ClN4S/c1-14-6-7-15(2)17(12-14)13-27-21-24-23-20(16(3)25(4)5)26(21)19-10-8-18(22)9-11-19/h6-12,16H,13H2,1-5H3. The van der Waals surface area contributed by atoms with Gasteiger partial charge in [-0.25, -0.2) is 0 Å². The Balaban J connectivity index is 1.97. The first-order chi connectivity index (χ1) is 12.9. The fourth-order valence-electron chi connectivity index (χ4n) is 2.81. The lowest BCUT2D eigenvalue weighted by Crippen LogP contribution is -2.20. The Morgan fingerprint density at radius 3 is 2.44 bits per heavy atom. The van der Waals surface area contributed by atoms with Crippen LogP contribution in [0.25, 0.3) is 5.69 Å². The first kappa shape index (κ1) is 19.9. The third-order valence-corrected chi connectivity index (χ3v) is 5.98. The summed E-state index contributed by atoms with van der Waals surface area (Å²) in [4.78, 5) is 2.13. The van der Waals surface area contributed by atoms with Crippen LogP contribution in [0.15, 0.2) is 47.6 Å². The van der Waals surface area contributed by atoms with Crippen molar-refractivity contribution >= 4 is 23.4 Å². The van der Waals surface area contributed by atoms with Gasteiger partial charge in [-0.05, 0) is 70.3 Å². The first-order valence-corrected chi connectivity index (χ1v) is 10.3. The van der Waals surface area contributed by atoms with Crippen molar-refractivity contribution < 1.29 is 0 Å². The van der Waals surface area contributed by atoms with E-state index in [0.29, 0.717) is 0 Å². The minimum atomic E-state index is 0.142. The summed E-state index contributed by atoms with van der Waals surface area (Å²) in [6, 6.07) is 14.5. The molecule has 0 fully saturated rings. The van der Waals surface area contributed by atoms with Crippen LogP contribution in [0, 0.1) is 13.8 Å². The molecule has 0 saturated heterocycles. The number of hydrogen-bond donors (Lipinski definition) is 0. The van der Waals surface area contributed by atoms with Crippen LogP contribution in [-0.4, -0.2) is 33.8 Å². The molecule has 1 heterocycles. The van der Waals surface area contributed by atoms with Crippen LogP contribution in [0.3, 0.4) is 0 Å². The molecule has 1 atom stereocenters. The first-order valence-electron chi connectivity index (χ1n) is 8.93. The van der Waals surface area contributed by atoms with E-state index in [1.165, 1.54) is 16.7 Å². The summed E-state index contributed by atoms with van der Waals surface area (Å²) in [7, 11) is 4.10. The maximum Gasteiger partial charge on any atom is 0.196 e. The third kappa shape index (κ3) is 4.54. The molecule has 0 saturated carbocycles. The molecule has 0 aliphatic carbocycles. The number of hydrogen-bond acceptors (Lipinski definition) is 4. The van der Waals surface area contributed by atoms with Gasteiger partial charge in [0.2, 0.25) is 0 Å². The van der Waals surface area contributed by atoms with Gasteiger partial charge in [-0.2, -0.15) is 0 Å². The highest BCUT2D eigenvalue weighted by molar-refractivity contribution is 7.98. The summed E-state index contributed by atoms with van der Waals surface area (Å²) in [5.41, 5.74) is 4.93. The SMILES string of the molecule is Cc1ccc(C)c(CSc2nnc(C(C)N(C)C)n2-c2ccc(Cl)cc2)c1. The molecule has 3 rings (SSSR count). The molecule has 1 unspecified atom stereocenters. The second-order valence-corrected chi connectivity index (χ2v) is 8.39. The van der Waals surface area contributed by atoms with Crippen LogP contribution in [0.5, 0.6) is 0 Å². The average Bonchev–Trinajstić information content (AvgIpc) is 3.06. The number of aryl methyl sites for hydroxylation is 2. The smallest absolute Gasteiger partial charge is 0.196 e. The number of benzene rings is 2. The van der Waals surface area contributed by atoms with E-state index >= 15 is 0 Å². The highest BCUT2D eigenvalue weighted by Crippen LogP contribution is 2.30. The molecule has 3 aromatic rings. The van der Waals surface area contributed by atoms with E-state index in [-0.39, 0.29) is 6.04 Å². The lowest BCUT2D eigenvalue weighted by atomic mass is 10.1. The van der Waals surface area contributed by atoms with Crippen LogP contribution in [0.1, 0.15) is 35.5 Å². The average molecular weight is 401 g/mol. The summed E-state index contributed by atoms with van der Waals surface area (Å²) in [6.07, 6.45) is 0. The molecule has 0 spiro atoms. The van der Waals surface area contributed by atoms with Crippen LogP contribution >= 0.6 is 23.4 Å². The molecule has 0 amide bonds. The lowest BCUT2D eigenvalue weighted by molar-refractivity contribution is 0.305. The molecule has 0 N–H and O–H groups in total. The van der Waals surface area contributed by atoms with E-state index in [4.69, 9.17) is 11.6 Å². The Bertz CT molecular complexity index is 918. The van der Waals surface area contributed by atoms with E-state index in [0.717, 1.165) is 27.4 Å². The Labute approximate surface area is 170 Å². The van der Waals surface area contributed by atoms with Crippen molar-refractivity contribution in [3.05, 3.63) is 70.0 Å². The molecular formula is C21H25ClN4S. The van der Waals surface area contributed by atoms with Crippen molar-refractivity contribution in [1.82, 2.24) is 19.7 Å². The Morgan fingerprint density at radius 2 is 1.78 bits per heavy atom. The molecule has 142 valence electrons. The number of rotatable bonds is 6. The monoisotopic (exact) mass is 400 g/mol. The van der Waals surface area contributed by atoms with Gasteiger partial charge in [-0.3, -0.25) is 9.47 Å². The van der Waals surface area contributed by atoms with Crippen LogP contribution in [-0.2, 0) is 5.75 Å². The molecule has 0 aliphatic rings. The zero-order valence-corrected chi connectivity index (χ0v) is 18.0. The summed E-state index contributed by atoms with van der Waals surface area (Å²) in [5, 5.41) is 10.6. The maximum atomic E-state index is 6.09. The number of thioether (sulfide) groups is 1. The molecule has 0 radical (unpaired) electrons. The van der Waals surface area contributed by atoms with Crippen molar-refractivity contribution in [2.24, 2.45) is 0 Å². The number of nitrogens with zero attached hydrogens (tertiary/aromatic N) is 4. The fourth-order valence-corrected chi connectivity index (χ4v) is 3.96. The van der Waals surface area contributed by atoms with Crippen LogP contribution in [0.4, 0.5) is 0 Å². The Hall–Kier alpha value is -1.82. The minimum absolute atomic E-state index is 0.142. The van der Waals surface area contributed by atoms with Gasteiger partial charge in [0, 0.05) is 16.5 Å². The predicted molar refractivity (Wildman–Crippen MR) is 114 cm³/mol. The van der Waals surface area contributed by atoms with E-state index in [9.17, 15) is 0 Å². The molecule has 27 heavy (non-hydrogen) atoms. The molecule has 0 aliphatic heterocycles. The van der Waals surface area contributed by atoms with Gasteiger partial charge in [0.25, 0.3) is 0 Å². The zero-order valence-electron chi connectivity index (χ0n) is 16.4. The lowest BCUT2D eigenvalue weighted by Gasteiger charge is -2.20. The molecule has 4 nitrogen and oxygen atoms in total. The van der Waals surface area contributed by atoms with Gasteiger partial charge >= 0.3 is 0 Å². The van der Waals surface area contributed by atoms with Crippen LogP contribution < -0.4 is 0 Å². The summed E-state index contributed by atoms with van der Waals surface area (Å²) in [5.74, 6) is 1.78. The van der Waals surface area contributed by atoms with Gasteiger partial charge in [0.05, 0.1) is 6.04 Å². The van der Waals surface area contributed by atoms with Crippen molar-refractivity contribution in [2.75, 3.05) is 14.1 Å². The summed E-state index contributed by atoms with van der Waals surface area (Å²) in [6.45, 7) is 6.41. The molecule has 2 aromatic carbocycles. The summed E-state index contributed by atoms with van der Waals surface area (Å²) >= 11 is 7.79. The Morgan fingerprint density at radius 1 is 1.07 bits per heavy atom. The van der Waals surface area contributed by atoms with Gasteiger partial charge in [-0.15, -0.1) is 10.2 Å². The van der Waals surface area contributed by atoms with Gasteiger partial charge in [0.15, 0.2) is 11.0 Å². The van der Waals surface area contributed by atoms with Crippen molar-refractivity contribution in [1.29, 1.82) is 0 Å². The van der Waals surface area contributed by atoms with E-state index in [1.807, 2.05) is 24.3 Å². The normalized spacial score (nSPS) is 12.6. The molecule has 0 bridgehead atoms. The summed E-state index contributed by atoms with van der Waals surface area (Å²) < 4.78 is 2.14. The minimum Gasteiger partial charge on any atom is -0.300 e. The highest BCUT2D eigenvalue weighted by atomic mass is 35.5. The van der Waals surface area contributed by atoms with E-state index in [2.05, 4.69) is 72.7 Å². The van der Waals surface area contributed by atoms with Crippen LogP contribution in [0.2, 0.25) is 5.02 Å². The molecule has 1 aromatic heterocycles. The third-order valence-electron chi connectivity index (χ3n) is 4.75. The van der Waals surface area contributed by atoms with E-state index in [1.54, 1.807) is 11.8 Å². The number of aromatic nitrogens is 3. The second-order valence-electron chi connectivity index (χ2n) is 7.01. The van der Waals surface area contributed by atoms with Gasteiger partial charge in [0.1, 0.15) is 0 Å². The second kappa shape index (κ2) is 8.46. The van der Waals surface area contributed by atoms with Crippen molar-refractivity contribution in [2.45, 2.75) is 37.7 Å². The molecular weight excluding hydrogens is 376 g/mol. The topological polar surface area (TPSA) is 34.0 Å². The van der Waals surface area contributed by atoms with Crippen molar-refractivity contribution in [3.8, 4) is 5.69 Å². The zero-order chi connectivity index (χ0) is 19.6. The van der Waals surface area contributed by atoms with E-state index < -0.39 is 0 Å². The maximum absolute atomic E-state index is 6.09. The van der Waals surface area contributed by atoms with Gasteiger partial charge in [-0.1, -0.05) is 47.1 Å². The Kier molecular flexibility index (Phi) is 6.25. The van der Waals surface area contributed by atoms with Crippen molar-refractivity contribution in [3.63, 3.8) is 0 Å². The van der Waals surface area contributed by atoms with Gasteiger partial charge < -0.3 is 0 Å². The predicted octanol–water partition coefficient (Wildman–Crippen LogP) is 5.45. The number of halogens is 1. The highest BCUT2D eigenvalue weighted by Gasteiger charge is 2.21.